The van der Waals surface area contributed by atoms with Gasteiger partial charge in [0.2, 0.25) is 0 Å². The summed E-state index contributed by atoms with van der Waals surface area (Å²) in [7, 11) is 0. The zero-order valence-corrected chi connectivity index (χ0v) is 18.4. The van der Waals surface area contributed by atoms with E-state index in [2.05, 4.69) is 62.9 Å². The molecule has 0 spiro atoms. The van der Waals surface area contributed by atoms with Gasteiger partial charge in [-0.15, -0.1) is 0 Å². The molecule has 30 heavy (non-hydrogen) atoms. The predicted octanol–water partition coefficient (Wildman–Crippen LogP) is 4.02. The van der Waals surface area contributed by atoms with Crippen molar-refractivity contribution in [2.24, 2.45) is 0 Å². The summed E-state index contributed by atoms with van der Waals surface area (Å²) in [4.78, 5) is 17.6. The molecule has 2 aliphatic rings. The first-order valence-corrected chi connectivity index (χ1v) is 12.1. The van der Waals surface area contributed by atoms with Crippen molar-refractivity contribution in [2.75, 3.05) is 43.0 Å². The maximum absolute atomic E-state index is 12.6. The number of nitrogens with one attached hydrogen (secondary N) is 2. The van der Waals surface area contributed by atoms with Gasteiger partial charge in [0.1, 0.15) is 0 Å². The van der Waals surface area contributed by atoms with Gasteiger partial charge in [-0.3, -0.25) is 9.80 Å². The molecule has 0 saturated carbocycles. The number of anilines is 1. The number of hydrogen-bond donors (Lipinski definition) is 2. The molecular weight excluding hydrogens is 392 g/mol. The number of piperidine rings is 1. The monoisotopic (exact) mass is 424 g/mol. The third-order valence-corrected chi connectivity index (χ3v) is 6.88. The summed E-state index contributed by atoms with van der Waals surface area (Å²) in [6, 6.07) is 18.9. The number of benzene rings is 2. The molecule has 6 heteroatoms. The number of hydrogen-bond acceptors (Lipinski definition) is 4. The van der Waals surface area contributed by atoms with Crippen molar-refractivity contribution in [1.82, 2.24) is 15.1 Å². The van der Waals surface area contributed by atoms with Crippen LogP contribution in [-0.2, 0) is 13.1 Å². The molecule has 0 aromatic heterocycles. The van der Waals surface area contributed by atoms with Gasteiger partial charge in [0, 0.05) is 62.5 Å². The molecule has 2 fully saturated rings. The van der Waals surface area contributed by atoms with Crippen LogP contribution in [0, 0.1) is 0 Å². The molecule has 160 valence electrons. The van der Waals surface area contributed by atoms with Crippen LogP contribution < -0.4 is 10.6 Å². The molecule has 5 nitrogen and oxygen atoms in total. The lowest BCUT2D eigenvalue weighted by molar-refractivity contribution is 0.190. The summed E-state index contributed by atoms with van der Waals surface area (Å²) in [6.45, 7) is 6.16. The third kappa shape index (κ3) is 6.24. The third-order valence-electron chi connectivity index (χ3n) is 5.94. The highest BCUT2D eigenvalue weighted by Crippen LogP contribution is 2.20. The van der Waals surface area contributed by atoms with E-state index in [9.17, 15) is 4.79 Å². The average Bonchev–Trinajstić information content (AvgIpc) is 2.78. The SMILES string of the molecule is O=C(Nc1ccccc1CN1CCSCC1)NC1CCN(Cc2ccccc2)CC1. The van der Waals surface area contributed by atoms with Crippen molar-refractivity contribution in [3.8, 4) is 0 Å². The van der Waals surface area contributed by atoms with E-state index in [1.54, 1.807) is 0 Å². The van der Waals surface area contributed by atoms with E-state index < -0.39 is 0 Å². The summed E-state index contributed by atoms with van der Waals surface area (Å²) in [6.07, 6.45) is 1.99. The Hall–Kier alpha value is -2.02. The van der Waals surface area contributed by atoms with Crippen LogP contribution in [0.3, 0.4) is 0 Å². The molecule has 2 aromatic carbocycles. The molecule has 0 atom stereocenters. The fourth-order valence-corrected chi connectivity index (χ4v) is 5.18. The summed E-state index contributed by atoms with van der Waals surface area (Å²) in [5.74, 6) is 2.39. The first kappa shape index (κ1) is 21.2. The van der Waals surface area contributed by atoms with Gasteiger partial charge in [0.25, 0.3) is 0 Å². The van der Waals surface area contributed by atoms with Crippen LogP contribution in [0.15, 0.2) is 54.6 Å². The van der Waals surface area contributed by atoms with Crippen LogP contribution in [0.1, 0.15) is 24.0 Å². The molecular formula is C24H32N4OS. The second-order valence-electron chi connectivity index (χ2n) is 8.18. The summed E-state index contributed by atoms with van der Waals surface area (Å²) < 4.78 is 0. The Morgan fingerprint density at radius 3 is 2.30 bits per heavy atom. The lowest BCUT2D eigenvalue weighted by Gasteiger charge is -2.32. The standard InChI is InChI=1S/C24H32N4OS/c29-24(25-22-10-12-27(13-11-22)18-20-6-2-1-3-7-20)26-23-9-5-4-8-21(23)19-28-14-16-30-17-15-28/h1-9,22H,10-19H2,(H2,25,26,29). The molecule has 2 N–H and O–H groups in total. The second-order valence-corrected chi connectivity index (χ2v) is 9.40. The van der Waals surface area contributed by atoms with Crippen LogP contribution in [0.2, 0.25) is 0 Å². The highest BCUT2D eigenvalue weighted by molar-refractivity contribution is 7.99. The highest BCUT2D eigenvalue weighted by atomic mass is 32.2. The Morgan fingerprint density at radius 1 is 0.867 bits per heavy atom. The van der Waals surface area contributed by atoms with Crippen molar-refractivity contribution in [1.29, 1.82) is 0 Å². The molecule has 4 rings (SSSR count). The smallest absolute Gasteiger partial charge is 0.319 e. The fraction of sp³-hybridized carbons (Fsp3) is 0.458. The maximum atomic E-state index is 12.6. The van der Waals surface area contributed by atoms with Crippen LogP contribution in [-0.4, -0.2) is 59.6 Å². The van der Waals surface area contributed by atoms with E-state index in [-0.39, 0.29) is 12.1 Å². The van der Waals surface area contributed by atoms with E-state index in [0.717, 1.165) is 57.8 Å². The lowest BCUT2D eigenvalue weighted by Crippen LogP contribution is -2.45. The number of carbonyl (C=O) groups excluding carboxylic acids is 1. The van der Waals surface area contributed by atoms with Crippen molar-refractivity contribution in [3.05, 3.63) is 65.7 Å². The lowest BCUT2D eigenvalue weighted by atomic mass is 10.0. The quantitative estimate of drug-likeness (QED) is 0.735. The van der Waals surface area contributed by atoms with Crippen LogP contribution in [0.4, 0.5) is 10.5 Å². The van der Waals surface area contributed by atoms with Gasteiger partial charge in [-0.1, -0.05) is 48.5 Å². The number of thioether (sulfide) groups is 1. The first-order chi connectivity index (χ1) is 14.8. The number of urea groups is 1. The summed E-state index contributed by atoms with van der Waals surface area (Å²) >= 11 is 2.02. The summed E-state index contributed by atoms with van der Waals surface area (Å²) in [5, 5.41) is 6.29. The number of nitrogens with zero attached hydrogens (tertiary/aromatic N) is 2. The maximum Gasteiger partial charge on any atom is 0.319 e. The molecule has 0 bridgehead atoms. The van der Waals surface area contributed by atoms with Crippen molar-refractivity contribution in [3.63, 3.8) is 0 Å². The molecule has 2 aliphatic heterocycles. The Balaban J connectivity index is 1.24. The Morgan fingerprint density at radius 2 is 1.53 bits per heavy atom. The van der Waals surface area contributed by atoms with Crippen LogP contribution >= 0.6 is 11.8 Å². The Kier molecular flexibility index (Phi) is 7.67. The zero-order valence-electron chi connectivity index (χ0n) is 17.6. The van der Waals surface area contributed by atoms with Gasteiger partial charge >= 0.3 is 6.03 Å². The minimum absolute atomic E-state index is 0.0850. The summed E-state index contributed by atoms with van der Waals surface area (Å²) in [5.41, 5.74) is 3.47. The number of rotatable bonds is 6. The first-order valence-electron chi connectivity index (χ1n) is 11.0. The van der Waals surface area contributed by atoms with Gasteiger partial charge in [-0.05, 0) is 30.0 Å². The van der Waals surface area contributed by atoms with Crippen molar-refractivity contribution < 1.29 is 4.79 Å². The zero-order chi connectivity index (χ0) is 20.6. The molecule has 0 radical (unpaired) electrons. The minimum Gasteiger partial charge on any atom is -0.335 e. The predicted molar refractivity (Wildman–Crippen MR) is 126 cm³/mol. The number of carbonyl (C=O) groups is 1. The molecule has 0 unspecified atom stereocenters. The van der Waals surface area contributed by atoms with Crippen LogP contribution in [0.25, 0.3) is 0 Å². The topological polar surface area (TPSA) is 47.6 Å². The Bertz CT molecular complexity index is 802. The van der Waals surface area contributed by atoms with Crippen molar-refractivity contribution >= 4 is 23.5 Å². The second kappa shape index (κ2) is 10.8. The molecule has 2 heterocycles. The molecule has 2 saturated heterocycles. The van der Waals surface area contributed by atoms with E-state index in [1.807, 2.05) is 23.9 Å². The Labute approximate surface area is 184 Å². The van der Waals surface area contributed by atoms with E-state index in [4.69, 9.17) is 0 Å². The molecule has 2 amide bonds. The van der Waals surface area contributed by atoms with Crippen molar-refractivity contribution in [2.45, 2.75) is 32.0 Å². The van der Waals surface area contributed by atoms with E-state index in [0.29, 0.717) is 0 Å². The largest absolute Gasteiger partial charge is 0.335 e. The number of para-hydroxylation sites is 1. The van der Waals surface area contributed by atoms with Gasteiger partial charge in [0.05, 0.1) is 0 Å². The highest BCUT2D eigenvalue weighted by Gasteiger charge is 2.21. The van der Waals surface area contributed by atoms with Crippen LogP contribution in [0.5, 0.6) is 0 Å². The number of amides is 2. The van der Waals surface area contributed by atoms with Gasteiger partial charge in [-0.2, -0.15) is 11.8 Å². The van der Waals surface area contributed by atoms with Gasteiger partial charge in [-0.25, -0.2) is 4.79 Å². The average molecular weight is 425 g/mol. The van der Waals surface area contributed by atoms with E-state index in [1.165, 1.54) is 22.6 Å². The number of likely N-dealkylation sites (tertiary alicyclic amines) is 1. The van der Waals surface area contributed by atoms with E-state index >= 15 is 0 Å². The molecule has 2 aromatic rings. The fourth-order valence-electron chi connectivity index (χ4n) is 4.20. The normalized spacial score (nSPS) is 18.8. The van der Waals surface area contributed by atoms with Gasteiger partial charge < -0.3 is 10.6 Å². The van der Waals surface area contributed by atoms with Gasteiger partial charge in [0.15, 0.2) is 0 Å². The molecule has 0 aliphatic carbocycles. The minimum atomic E-state index is -0.0850.